The molecule has 8 atom stereocenters. The number of aliphatic hydroxyl groups is 5. The first-order valence-electron chi connectivity index (χ1n) is 8.03. The lowest BCUT2D eigenvalue weighted by atomic mass is 9.45. The summed E-state index contributed by atoms with van der Waals surface area (Å²) in [4.78, 5) is 12.1. The Kier molecular flexibility index (Phi) is 4.37. The van der Waals surface area contributed by atoms with E-state index >= 15 is 0 Å². The minimum absolute atomic E-state index is 0.0664. The van der Waals surface area contributed by atoms with Crippen LogP contribution in [-0.2, 0) is 14.3 Å². The van der Waals surface area contributed by atoms with Crippen LogP contribution in [-0.4, -0.2) is 80.8 Å². The van der Waals surface area contributed by atoms with E-state index in [1.165, 1.54) is 6.08 Å². The van der Waals surface area contributed by atoms with Crippen LogP contribution in [0.4, 0.5) is 0 Å². The van der Waals surface area contributed by atoms with Crippen LogP contribution in [0.5, 0.6) is 0 Å². The molecule has 1 saturated carbocycles. The molecule has 4 rings (SSSR count). The third kappa shape index (κ3) is 2.29. The molecule has 1 aliphatic heterocycles. The first-order valence-corrected chi connectivity index (χ1v) is 8.03. The van der Waals surface area contributed by atoms with Gasteiger partial charge in [0.2, 0.25) is 0 Å². The lowest BCUT2D eigenvalue weighted by Crippen LogP contribution is -2.69. The number of allylic oxidation sites excluding steroid dienone is 1. The van der Waals surface area contributed by atoms with Crippen LogP contribution in [0.15, 0.2) is 11.6 Å². The van der Waals surface area contributed by atoms with Crippen molar-refractivity contribution in [2.24, 2.45) is 11.3 Å². The van der Waals surface area contributed by atoms with Gasteiger partial charge in [-0.3, -0.25) is 4.79 Å². The van der Waals surface area contributed by atoms with Crippen molar-refractivity contribution in [2.75, 3.05) is 13.2 Å². The zero-order chi connectivity index (χ0) is 17.9. The average molecular weight is 344 g/mol. The Morgan fingerprint density at radius 1 is 1.29 bits per heavy atom. The summed E-state index contributed by atoms with van der Waals surface area (Å²) in [6, 6.07) is 0. The zero-order valence-electron chi connectivity index (χ0n) is 13.6. The molecule has 2 bridgehead atoms. The van der Waals surface area contributed by atoms with Crippen LogP contribution in [0.1, 0.15) is 20.3 Å². The molecule has 0 amide bonds. The third-order valence-electron chi connectivity index (χ3n) is 5.96. The second-order valence-electron chi connectivity index (χ2n) is 7.27. The van der Waals surface area contributed by atoms with Gasteiger partial charge in [-0.2, -0.15) is 0 Å². The molecule has 2 fully saturated rings. The molecule has 136 valence electrons. The van der Waals surface area contributed by atoms with Gasteiger partial charge in [0.1, 0.15) is 24.4 Å². The molecule has 5 N–H and O–H groups in total. The largest absolute Gasteiger partial charge is 0.394 e. The summed E-state index contributed by atoms with van der Waals surface area (Å²) >= 11 is 0. The molecule has 0 aromatic carbocycles. The third-order valence-corrected chi connectivity index (χ3v) is 5.96. The highest BCUT2D eigenvalue weighted by atomic mass is 16.7. The van der Waals surface area contributed by atoms with Gasteiger partial charge in [-0.25, -0.2) is 0 Å². The van der Waals surface area contributed by atoms with Crippen LogP contribution >= 0.6 is 0 Å². The maximum atomic E-state index is 12.1. The lowest BCUT2D eigenvalue weighted by molar-refractivity contribution is -0.318. The minimum atomic E-state index is -1.53. The number of fused-ring (bicyclic) bond motifs is 1. The van der Waals surface area contributed by atoms with Crippen LogP contribution in [0.3, 0.4) is 0 Å². The fourth-order valence-electron chi connectivity index (χ4n) is 4.05. The highest BCUT2D eigenvalue weighted by molar-refractivity contribution is 5.97. The monoisotopic (exact) mass is 344 g/mol. The second-order valence-corrected chi connectivity index (χ2v) is 7.27. The van der Waals surface area contributed by atoms with Crippen molar-refractivity contribution in [1.82, 2.24) is 0 Å². The molecular formula is C16H24O8. The summed E-state index contributed by atoms with van der Waals surface area (Å²) in [6.07, 6.45) is -5.05. The van der Waals surface area contributed by atoms with Crippen molar-refractivity contribution in [2.45, 2.75) is 56.6 Å². The van der Waals surface area contributed by atoms with E-state index in [1.807, 2.05) is 0 Å². The molecule has 0 radical (unpaired) electrons. The van der Waals surface area contributed by atoms with E-state index in [0.29, 0.717) is 12.0 Å². The predicted molar refractivity (Wildman–Crippen MR) is 79.6 cm³/mol. The molecule has 1 saturated heterocycles. The highest BCUT2D eigenvalue weighted by Gasteiger charge is 2.67. The Balaban J connectivity index is 1.72. The quantitative estimate of drug-likeness (QED) is 0.398. The Morgan fingerprint density at radius 3 is 2.54 bits per heavy atom. The Bertz CT molecular complexity index is 560. The summed E-state index contributed by atoms with van der Waals surface area (Å²) in [5.41, 5.74) is -1.43. The molecule has 0 spiro atoms. The maximum Gasteiger partial charge on any atom is 0.186 e. The van der Waals surface area contributed by atoms with Crippen molar-refractivity contribution in [3.63, 3.8) is 0 Å². The van der Waals surface area contributed by atoms with Crippen LogP contribution in [0, 0.1) is 11.3 Å². The summed E-state index contributed by atoms with van der Waals surface area (Å²) < 4.78 is 10.8. The second kappa shape index (κ2) is 5.84. The van der Waals surface area contributed by atoms with Gasteiger partial charge in [0.05, 0.1) is 18.8 Å². The summed E-state index contributed by atoms with van der Waals surface area (Å²) in [5.74, 6) is -0.445. The average Bonchev–Trinajstić information content (AvgIpc) is 2.54. The van der Waals surface area contributed by atoms with E-state index in [9.17, 15) is 30.3 Å². The zero-order valence-corrected chi connectivity index (χ0v) is 13.6. The number of hydrogen-bond acceptors (Lipinski definition) is 8. The molecule has 8 heteroatoms. The molecule has 3 aliphatic carbocycles. The molecular weight excluding hydrogens is 320 g/mol. The van der Waals surface area contributed by atoms with E-state index in [-0.39, 0.29) is 18.3 Å². The topological polar surface area (TPSA) is 137 Å². The van der Waals surface area contributed by atoms with Crippen LogP contribution in [0.25, 0.3) is 0 Å². The molecule has 0 aromatic heterocycles. The molecule has 24 heavy (non-hydrogen) atoms. The van der Waals surface area contributed by atoms with Gasteiger partial charge in [-0.1, -0.05) is 6.92 Å². The van der Waals surface area contributed by atoms with E-state index in [2.05, 4.69) is 0 Å². The summed E-state index contributed by atoms with van der Waals surface area (Å²) in [5, 5.41) is 49.5. The van der Waals surface area contributed by atoms with Crippen molar-refractivity contribution >= 4 is 5.78 Å². The smallest absolute Gasteiger partial charge is 0.186 e. The van der Waals surface area contributed by atoms with Gasteiger partial charge < -0.3 is 35.0 Å². The summed E-state index contributed by atoms with van der Waals surface area (Å²) in [6.45, 7) is 2.81. The van der Waals surface area contributed by atoms with Gasteiger partial charge in [0.25, 0.3) is 0 Å². The van der Waals surface area contributed by atoms with Crippen LogP contribution < -0.4 is 0 Å². The molecule has 4 aliphatic rings. The van der Waals surface area contributed by atoms with Crippen molar-refractivity contribution < 1.29 is 39.8 Å². The number of carbonyl (C=O) groups excluding carboxylic acids is 1. The van der Waals surface area contributed by atoms with Gasteiger partial charge in [0.15, 0.2) is 12.1 Å². The minimum Gasteiger partial charge on any atom is -0.394 e. The fourth-order valence-corrected chi connectivity index (χ4v) is 4.05. The summed E-state index contributed by atoms with van der Waals surface area (Å²) in [7, 11) is 0. The van der Waals surface area contributed by atoms with Gasteiger partial charge in [-0.15, -0.1) is 0 Å². The van der Waals surface area contributed by atoms with Crippen molar-refractivity contribution in [3.8, 4) is 0 Å². The van der Waals surface area contributed by atoms with Crippen LogP contribution in [0.2, 0.25) is 0 Å². The number of carbonyl (C=O) groups is 1. The van der Waals surface area contributed by atoms with E-state index in [4.69, 9.17) is 9.47 Å². The molecule has 8 nitrogen and oxygen atoms in total. The van der Waals surface area contributed by atoms with E-state index in [1.54, 1.807) is 13.8 Å². The normalized spacial score (nSPS) is 51.1. The number of aliphatic hydroxyl groups excluding tert-OH is 4. The van der Waals surface area contributed by atoms with Gasteiger partial charge in [0, 0.05) is 11.3 Å². The Labute approximate surface area is 139 Å². The van der Waals surface area contributed by atoms with Crippen molar-refractivity contribution in [1.29, 1.82) is 0 Å². The first kappa shape index (κ1) is 17.9. The van der Waals surface area contributed by atoms with E-state index in [0.717, 1.165) is 0 Å². The first-order chi connectivity index (χ1) is 11.2. The fraction of sp³-hybridized carbons (Fsp3) is 0.812. The predicted octanol–water partition coefficient (Wildman–Crippen LogP) is -1.91. The SMILES string of the molecule is CC1=CC(=O)[C@@H]2C[C@@]1(O)[C@@]2(C)CO[C@@H]1O[C@H](CO)[C@@H](O)[C@H](O)[C@H]1O. The van der Waals surface area contributed by atoms with E-state index < -0.39 is 48.3 Å². The van der Waals surface area contributed by atoms with Gasteiger partial charge in [-0.05, 0) is 25.0 Å². The number of ether oxygens (including phenoxy) is 2. The Morgan fingerprint density at radius 2 is 1.96 bits per heavy atom. The molecule has 0 unspecified atom stereocenters. The molecule has 0 aromatic rings. The molecule has 1 heterocycles. The van der Waals surface area contributed by atoms with Crippen molar-refractivity contribution in [3.05, 3.63) is 11.6 Å². The number of ketones is 1. The van der Waals surface area contributed by atoms with Gasteiger partial charge >= 0.3 is 0 Å². The Hall–Kier alpha value is -0.870. The standard InChI is InChI=1S/C16H24O8/c1-7-3-9(18)8-4-16(7,22)15(8,2)6-23-14-13(21)12(20)11(19)10(5-17)24-14/h3,8,10-14,17,19-22H,4-6H2,1-2H3/t8-,10+,11+,12-,13+,14+,15-,16-/m0/s1. The maximum absolute atomic E-state index is 12.1. The number of rotatable bonds is 4. The lowest BCUT2D eigenvalue weighted by Gasteiger charge is -2.62. The highest BCUT2D eigenvalue weighted by Crippen LogP contribution is 2.61. The number of hydrogen-bond donors (Lipinski definition) is 5.